The molecule has 2 aromatic carbocycles. The molecule has 0 radical (unpaired) electrons. The molecule has 2 N–H and O–H groups in total. The molecule has 126 valence electrons. The molecule has 0 bridgehead atoms. The maximum absolute atomic E-state index is 12.3. The zero-order valence-corrected chi connectivity index (χ0v) is 15.1. The van der Waals surface area contributed by atoms with Gasteiger partial charge >= 0.3 is 6.03 Å². The second kappa shape index (κ2) is 7.13. The number of halogens is 1. The van der Waals surface area contributed by atoms with E-state index >= 15 is 0 Å². The van der Waals surface area contributed by atoms with Gasteiger partial charge in [-0.1, -0.05) is 28.1 Å². The van der Waals surface area contributed by atoms with Crippen molar-refractivity contribution in [3.05, 3.63) is 52.0 Å². The summed E-state index contributed by atoms with van der Waals surface area (Å²) in [5.74, 6) is 1.61. The molecule has 2 amide bonds. The van der Waals surface area contributed by atoms with Gasteiger partial charge in [-0.25, -0.2) is 4.79 Å². The standard InChI is InChI=1S/C18H19BrN2O3/c1-11(13-7-6-12(23-2)10-15(13)19)20-18(22)21-16-4-3-5-17-14(16)8-9-24-17/h3-7,10-11H,8-9H2,1-2H3,(H2,20,21,22)/t11-/m1/s1. The minimum atomic E-state index is -0.245. The number of nitrogens with one attached hydrogen (secondary N) is 2. The van der Waals surface area contributed by atoms with E-state index in [-0.39, 0.29) is 12.1 Å². The van der Waals surface area contributed by atoms with Crippen molar-refractivity contribution in [3.8, 4) is 11.5 Å². The Kier molecular flexibility index (Phi) is 4.94. The van der Waals surface area contributed by atoms with E-state index in [1.54, 1.807) is 7.11 Å². The molecule has 0 unspecified atom stereocenters. The lowest BCUT2D eigenvalue weighted by molar-refractivity contribution is 0.249. The minimum Gasteiger partial charge on any atom is -0.497 e. The van der Waals surface area contributed by atoms with E-state index in [4.69, 9.17) is 9.47 Å². The number of fused-ring (bicyclic) bond motifs is 1. The first-order valence-corrected chi connectivity index (χ1v) is 8.53. The molecular formula is C18H19BrN2O3. The highest BCUT2D eigenvalue weighted by atomic mass is 79.9. The van der Waals surface area contributed by atoms with Crippen molar-refractivity contribution in [3.63, 3.8) is 0 Å². The minimum absolute atomic E-state index is 0.154. The van der Waals surface area contributed by atoms with Crippen molar-refractivity contribution in [2.24, 2.45) is 0 Å². The van der Waals surface area contributed by atoms with E-state index in [9.17, 15) is 4.79 Å². The number of carbonyl (C=O) groups is 1. The maximum atomic E-state index is 12.3. The third kappa shape index (κ3) is 3.48. The monoisotopic (exact) mass is 390 g/mol. The number of amides is 2. The van der Waals surface area contributed by atoms with E-state index in [1.807, 2.05) is 43.3 Å². The first kappa shape index (κ1) is 16.6. The van der Waals surface area contributed by atoms with Crippen molar-refractivity contribution < 1.29 is 14.3 Å². The summed E-state index contributed by atoms with van der Waals surface area (Å²) in [7, 11) is 1.62. The molecule has 6 heteroatoms. The molecule has 0 aromatic heterocycles. The fourth-order valence-electron chi connectivity index (χ4n) is 2.76. The van der Waals surface area contributed by atoms with Gasteiger partial charge in [0.05, 0.1) is 19.8 Å². The average molecular weight is 391 g/mol. The Bertz CT molecular complexity index is 764. The Morgan fingerprint density at radius 2 is 2.17 bits per heavy atom. The first-order chi connectivity index (χ1) is 11.6. The molecule has 2 aromatic rings. The highest BCUT2D eigenvalue weighted by molar-refractivity contribution is 9.10. The summed E-state index contributed by atoms with van der Waals surface area (Å²) in [6.07, 6.45) is 0.811. The Morgan fingerprint density at radius 3 is 2.92 bits per heavy atom. The second-order valence-corrected chi connectivity index (χ2v) is 6.44. The highest BCUT2D eigenvalue weighted by Crippen LogP contribution is 2.32. The van der Waals surface area contributed by atoms with Crippen LogP contribution in [0, 0.1) is 0 Å². The second-order valence-electron chi connectivity index (χ2n) is 5.59. The molecule has 24 heavy (non-hydrogen) atoms. The number of urea groups is 1. The lowest BCUT2D eigenvalue weighted by Gasteiger charge is -2.17. The van der Waals surface area contributed by atoms with Crippen LogP contribution in [0.3, 0.4) is 0 Å². The van der Waals surface area contributed by atoms with Gasteiger partial charge in [-0.2, -0.15) is 0 Å². The van der Waals surface area contributed by atoms with Crippen LogP contribution < -0.4 is 20.1 Å². The summed E-state index contributed by atoms with van der Waals surface area (Å²) in [5.41, 5.74) is 2.82. The maximum Gasteiger partial charge on any atom is 0.319 e. The van der Waals surface area contributed by atoms with Crippen LogP contribution in [0.15, 0.2) is 40.9 Å². The van der Waals surface area contributed by atoms with Gasteiger partial charge in [-0.3, -0.25) is 0 Å². The van der Waals surface area contributed by atoms with Crippen LogP contribution in [0.2, 0.25) is 0 Å². The topological polar surface area (TPSA) is 59.6 Å². The lowest BCUT2D eigenvalue weighted by Crippen LogP contribution is -2.31. The zero-order valence-electron chi connectivity index (χ0n) is 13.6. The number of hydrogen-bond acceptors (Lipinski definition) is 3. The Balaban J connectivity index is 1.68. The van der Waals surface area contributed by atoms with Crippen LogP contribution in [0.5, 0.6) is 11.5 Å². The lowest BCUT2D eigenvalue weighted by atomic mass is 10.1. The van der Waals surface area contributed by atoms with Gasteiger partial charge in [0.25, 0.3) is 0 Å². The van der Waals surface area contributed by atoms with Gasteiger partial charge in [-0.15, -0.1) is 0 Å². The average Bonchev–Trinajstić information content (AvgIpc) is 3.04. The van der Waals surface area contributed by atoms with Crippen LogP contribution in [0.1, 0.15) is 24.1 Å². The number of methoxy groups -OCH3 is 1. The van der Waals surface area contributed by atoms with Gasteiger partial charge < -0.3 is 20.1 Å². The van der Waals surface area contributed by atoms with Crippen LogP contribution in [0.25, 0.3) is 0 Å². The van der Waals surface area contributed by atoms with Crippen LogP contribution in [-0.4, -0.2) is 19.7 Å². The normalized spacial score (nSPS) is 13.6. The molecule has 0 saturated heterocycles. The SMILES string of the molecule is COc1ccc([C@@H](C)NC(=O)Nc2cccc3c2CCO3)c(Br)c1. The molecule has 0 fully saturated rings. The Hall–Kier alpha value is -2.21. The Morgan fingerprint density at radius 1 is 1.33 bits per heavy atom. The fourth-order valence-corrected chi connectivity index (χ4v) is 3.46. The predicted octanol–water partition coefficient (Wildman–Crippen LogP) is 4.28. The van der Waals surface area contributed by atoms with E-state index in [0.717, 1.165) is 39.2 Å². The van der Waals surface area contributed by atoms with E-state index < -0.39 is 0 Å². The number of rotatable bonds is 4. The number of ether oxygens (including phenoxy) is 2. The molecule has 0 saturated carbocycles. The van der Waals surface area contributed by atoms with Crippen LogP contribution in [0.4, 0.5) is 10.5 Å². The first-order valence-electron chi connectivity index (χ1n) is 7.74. The molecule has 1 heterocycles. The number of hydrogen-bond donors (Lipinski definition) is 2. The summed E-state index contributed by atoms with van der Waals surface area (Å²) in [6.45, 7) is 2.59. The summed E-state index contributed by atoms with van der Waals surface area (Å²) in [4.78, 5) is 12.3. The highest BCUT2D eigenvalue weighted by Gasteiger charge is 2.18. The molecule has 0 spiro atoms. The van der Waals surface area contributed by atoms with Gasteiger partial charge in [0, 0.05) is 22.1 Å². The quantitative estimate of drug-likeness (QED) is 0.818. The van der Waals surface area contributed by atoms with E-state index in [1.165, 1.54) is 0 Å². The van der Waals surface area contributed by atoms with Crippen molar-refractivity contribution in [1.29, 1.82) is 0 Å². The van der Waals surface area contributed by atoms with Gasteiger partial charge in [0.2, 0.25) is 0 Å². The molecular weight excluding hydrogens is 372 g/mol. The number of benzene rings is 2. The molecule has 5 nitrogen and oxygen atoms in total. The van der Waals surface area contributed by atoms with Gasteiger partial charge in [0.15, 0.2) is 0 Å². The summed E-state index contributed by atoms with van der Waals surface area (Å²) in [5, 5.41) is 5.87. The third-order valence-corrected chi connectivity index (χ3v) is 4.70. The number of anilines is 1. The largest absolute Gasteiger partial charge is 0.497 e. The summed E-state index contributed by atoms with van der Waals surface area (Å²) < 4.78 is 11.6. The zero-order chi connectivity index (χ0) is 17.1. The smallest absolute Gasteiger partial charge is 0.319 e. The van der Waals surface area contributed by atoms with Crippen molar-refractivity contribution in [1.82, 2.24) is 5.32 Å². The Labute approximate surface area is 149 Å². The molecule has 1 atom stereocenters. The van der Waals surface area contributed by atoms with Crippen LogP contribution >= 0.6 is 15.9 Å². The molecule has 1 aliphatic heterocycles. The molecule has 0 aliphatic carbocycles. The van der Waals surface area contributed by atoms with Gasteiger partial charge in [0.1, 0.15) is 11.5 Å². The van der Waals surface area contributed by atoms with Crippen molar-refractivity contribution in [2.75, 3.05) is 19.0 Å². The molecule has 1 aliphatic rings. The third-order valence-electron chi connectivity index (χ3n) is 4.01. The predicted molar refractivity (Wildman–Crippen MR) is 96.9 cm³/mol. The molecule has 3 rings (SSSR count). The van der Waals surface area contributed by atoms with E-state index in [0.29, 0.717) is 6.61 Å². The van der Waals surface area contributed by atoms with Gasteiger partial charge in [-0.05, 0) is 36.8 Å². The number of carbonyl (C=O) groups excluding carboxylic acids is 1. The summed E-state index contributed by atoms with van der Waals surface area (Å²) >= 11 is 3.52. The fraction of sp³-hybridized carbons (Fsp3) is 0.278. The van der Waals surface area contributed by atoms with E-state index in [2.05, 4.69) is 26.6 Å². The summed E-state index contributed by atoms with van der Waals surface area (Å²) in [6, 6.07) is 11.0. The van der Waals surface area contributed by atoms with Crippen molar-refractivity contribution >= 4 is 27.6 Å². The van der Waals surface area contributed by atoms with Crippen molar-refractivity contribution in [2.45, 2.75) is 19.4 Å². The van der Waals surface area contributed by atoms with Crippen LogP contribution in [-0.2, 0) is 6.42 Å².